The summed E-state index contributed by atoms with van der Waals surface area (Å²) >= 11 is 0. The maximum atomic E-state index is 10.2. The fourth-order valence-electron chi connectivity index (χ4n) is 2.75. The summed E-state index contributed by atoms with van der Waals surface area (Å²) < 4.78 is 11.8. The van der Waals surface area contributed by atoms with Crippen LogP contribution in [0.15, 0.2) is 30.3 Å². The summed E-state index contributed by atoms with van der Waals surface area (Å²) in [6.07, 6.45) is 3.76. The third-order valence-electron chi connectivity index (χ3n) is 4.14. The molecule has 1 saturated heterocycles. The lowest BCUT2D eigenvalue weighted by Crippen LogP contribution is -2.29. The number of aliphatic hydroxyl groups is 1. The molecule has 1 N–H and O–H groups in total. The lowest BCUT2D eigenvalue weighted by Gasteiger charge is -2.25. The van der Waals surface area contributed by atoms with Crippen LogP contribution in [0.1, 0.15) is 45.1 Å². The zero-order valence-corrected chi connectivity index (χ0v) is 12.5. The number of hydrogen-bond acceptors (Lipinski definition) is 3. The molecule has 0 bridgehead atoms. The predicted octanol–water partition coefficient (Wildman–Crippen LogP) is 3.30. The minimum Gasteiger partial charge on any atom is -0.393 e. The van der Waals surface area contributed by atoms with Crippen LogP contribution in [0.5, 0.6) is 0 Å². The van der Waals surface area contributed by atoms with Gasteiger partial charge in [0.15, 0.2) is 5.79 Å². The predicted molar refractivity (Wildman–Crippen MR) is 79.5 cm³/mol. The molecule has 1 fully saturated rings. The van der Waals surface area contributed by atoms with Crippen molar-refractivity contribution < 1.29 is 14.6 Å². The van der Waals surface area contributed by atoms with Gasteiger partial charge in [-0.3, -0.25) is 0 Å². The second kappa shape index (κ2) is 7.21. The molecule has 0 spiro atoms. The van der Waals surface area contributed by atoms with E-state index in [1.165, 1.54) is 5.56 Å². The SMILES string of the molecule is CCC1(CC)OC[C@@H](C[C@H](O)CCc2ccccc2)O1. The van der Waals surface area contributed by atoms with E-state index in [1.807, 2.05) is 18.2 Å². The Bertz CT molecular complexity index is 386. The second-order valence-electron chi connectivity index (χ2n) is 5.58. The summed E-state index contributed by atoms with van der Waals surface area (Å²) in [4.78, 5) is 0. The third kappa shape index (κ3) is 4.05. The van der Waals surface area contributed by atoms with Crippen molar-refractivity contribution in [2.75, 3.05) is 6.61 Å². The van der Waals surface area contributed by atoms with Crippen LogP contribution in [-0.4, -0.2) is 29.7 Å². The number of hydrogen-bond donors (Lipinski definition) is 1. The van der Waals surface area contributed by atoms with Gasteiger partial charge in [0.2, 0.25) is 0 Å². The zero-order valence-electron chi connectivity index (χ0n) is 12.5. The van der Waals surface area contributed by atoms with Crippen LogP contribution >= 0.6 is 0 Å². The second-order valence-corrected chi connectivity index (χ2v) is 5.58. The molecular formula is C17H26O3. The molecule has 1 aromatic rings. The van der Waals surface area contributed by atoms with Gasteiger partial charge in [0.25, 0.3) is 0 Å². The van der Waals surface area contributed by atoms with Crippen LogP contribution in [0.4, 0.5) is 0 Å². The van der Waals surface area contributed by atoms with Crippen LogP contribution < -0.4 is 0 Å². The molecule has 0 unspecified atom stereocenters. The van der Waals surface area contributed by atoms with Gasteiger partial charge in [0, 0.05) is 6.42 Å². The molecule has 2 atom stereocenters. The quantitative estimate of drug-likeness (QED) is 0.831. The van der Waals surface area contributed by atoms with Gasteiger partial charge in [-0.25, -0.2) is 0 Å². The van der Waals surface area contributed by atoms with E-state index in [0.717, 1.165) is 25.7 Å². The Morgan fingerprint density at radius 3 is 2.55 bits per heavy atom. The molecule has 3 heteroatoms. The van der Waals surface area contributed by atoms with Crippen molar-refractivity contribution in [2.45, 2.75) is 63.9 Å². The number of aryl methyl sites for hydroxylation is 1. The number of ether oxygens (including phenoxy) is 2. The van der Waals surface area contributed by atoms with Crippen LogP contribution in [0, 0.1) is 0 Å². The van der Waals surface area contributed by atoms with Crippen molar-refractivity contribution in [3.05, 3.63) is 35.9 Å². The third-order valence-corrected chi connectivity index (χ3v) is 4.14. The molecule has 2 rings (SSSR count). The van der Waals surface area contributed by atoms with Gasteiger partial charge in [-0.1, -0.05) is 44.2 Å². The molecule has 0 saturated carbocycles. The van der Waals surface area contributed by atoms with Crippen molar-refractivity contribution in [1.29, 1.82) is 0 Å². The van der Waals surface area contributed by atoms with Crippen LogP contribution in [0.3, 0.4) is 0 Å². The molecule has 0 amide bonds. The molecule has 3 nitrogen and oxygen atoms in total. The first-order chi connectivity index (χ1) is 9.67. The molecule has 112 valence electrons. The molecule has 1 aromatic carbocycles. The summed E-state index contributed by atoms with van der Waals surface area (Å²) in [6, 6.07) is 10.3. The molecular weight excluding hydrogens is 252 g/mol. The highest BCUT2D eigenvalue weighted by Gasteiger charge is 2.38. The number of rotatable bonds is 7. The Balaban J connectivity index is 1.74. The molecule has 1 aliphatic rings. The van der Waals surface area contributed by atoms with Crippen molar-refractivity contribution >= 4 is 0 Å². The van der Waals surface area contributed by atoms with E-state index in [-0.39, 0.29) is 12.2 Å². The van der Waals surface area contributed by atoms with Crippen LogP contribution in [-0.2, 0) is 15.9 Å². The van der Waals surface area contributed by atoms with Crippen molar-refractivity contribution in [3.63, 3.8) is 0 Å². The maximum Gasteiger partial charge on any atom is 0.168 e. The molecule has 0 radical (unpaired) electrons. The molecule has 1 heterocycles. The summed E-state index contributed by atoms with van der Waals surface area (Å²) in [5.41, 5.74) is 1.27. The average molecular weight is 278 g/mol. The lowest BCUT2D eigenvalue weighted by molar-refractivity contribution is -0.174. The van der Waals surface area contributed by atoms with E-state index in [1.54, 1.807) is 0 Å². The zero-order chi connectivity index (χ0) is 14.4. The fraction of sp³-hybridized carbons (Fsp3) is 0.647. The summed E-state index contributed by atoms with van der Waals surface area (Å²) in [5.74, 6) is -0.413. The smallest absolute Gasteiger partial charge is 0.168 e. The van der Waals surface area contributed by atoms with Crippen LogP contribution in [0.25, 0.3) is 0 Å². The van der Waals surface area contributed by atoms with Gasteiger partial charge >= 0.3 is 0 Å². The summed E-state index contributed by atoms with van der Waals surface area (Å²) in [5, 5.41) is 10.2. The normalized spacial score (nSPS) is 22.9. The Morgan fingerprint density at radius 2 is 1.95 bits per heavy atom. The Labute approximate surface area is 121 Å². The van der Waals surface area contributed by atoms with Gasteiger partial charge in [-0.05, 0) is 31.2 Å². The van der Waals surface area contributed by atoms with Gasteiger partial charge in [0.05, 0.1) is 18.8 Å². The highest BCUT2D eigenvalue weighted by Crippen LogP contribution is 2.32. The molecule has 0 aliphatic carbocycles. The van der Waals surface area contributed by atoms with Crippen molar-refractivity contribution in [1.82, 2.24) is 0 Å². The Kier molecular flexibility index (Phi) is 5.58. The Hall–Kier alpha value is -0.900. The minimum atomic E-state index is -0.413. The minimum absolute atomic E-state index is 0.0284. The average Bonchev–Trinajstić information content (AvgIpc) is 2.90. The van der Waals surface area contributed by atoms with Crippen LogP contribution in [0.2, 0.25) is 0 Å². The topological polar surface area (TPSA) is 38.7 Å². The fourth-order valence-corrected chi connectivity index (χ4v) is 2.75. The van der Waals surface area contributed by atoms with E-state index in [4.69, 9.17) is 9.47 Å². The maximum absolute atomic E-state index is 10.2. The Morgan fingerprint density at radius 1 is 1.25 bits per heavy atom. The van der Waals surface area contributed by atoms with Gasteiger partial charge in [0.1, 0.15) is 0 Å². The van der Waals surface area contributed by atoms with E-state index in [0.29, 0.717) is 13.0 Å². The first-order valence-corrected chi connectivity index (χ1v) is 7.71. The van der Waals surface area contributed by atoms with Gasteiger partial charge < -0.3 is 14.6 Å². The molecule has 0 aromatic heterocycles. The van der Waals surface area contributed by atoms with Crippen molar-refractivity contribution in [3.8, 4) is 0 Å². The highest BCUT2D eigenvalue weighted by molar-refractivity contribution is 5.14. The lowest BCUT2D eigenvalue weighted by atomic mass is 10.0. The van der Waals surface area contributed by atoms with E-state index >= 15 is 0 Å². The molecule has 1 aliphatic heterocycles. The first kappa shape index (κ1) is 15.5. The van der Waals surface area contributed by atoms with E-state index in [9.17, 15) is 5.11 Å². The molecule has 20 heavy (non-hydrogen) atoms. The van der Waals surface area contributed by atoms with Gasteiger partial charge in [-0.15, -0.1) is 0 Å². The number of benzene rings is 1. The standard InChI is InChI=1S/C17H26O3/c1-3-17(4-2)19-13-16(20-17)12-15(18)11-10-14-8-6-5-7-9-14/h5-9,15-16,18H,3-4,10-13H2,1-2H3/t15-,16-/m1/s1. The van der Waals surface area contributed by atoms with Crippen molar-refractivity contribution in [2.24, 2.45) is 0 Å². The largest absolute Gasteiger partial charge is 0.393 e. The summed E-state index contributed by atoms with van der Waals surface area (Å²) in [6.45, 7) is 4.76. The highest BCUT2D eigenvalue weighted by atomic mass is 16.7. The van der Waals surface area contributed by atoms with E-state index in [2.05, 4.69) is 26.0 Å². The monoisotopic (exact) mass is 278 g/mol. The first-order valence-electron chi connectivity index (χ1n) is 7.71. The van der Waals surface area contributed by atoms with Gasteiger partial charge in [-0.2, -0.15) is 0 Å². The number of aliphatic hydroxyl groups excluding tert-OH is 1. The van der Waals surface area contributed by atoms with E-state index < -0.39 is 5.79 Å². The summed E-state index contributed by atoms with van der Waals surface area (Å²) in [7, 11) is 0.